The first kappa shape index (κ1) is 18.2. The fraction of sp³-hybridized carbons (Fsp3) is 0.263. The van der Waals surface area contributed by atoms with E-state index in [2.05, 4.69) is 9.88 Å². The lowest BCUT2D eigenvalue weighted by Crippen LogP contribution is -2.30. The molecular weight excluding hydrogens is 354 g/mol. The number of imide groups is 1. The summed E-state index contributed by atoms with van der Waals surface area (Å²) in [4.78, 5) is 26.1. The number of halogens is 1. The summed E-state index contributed by atoms with van der Waals surface area (Å²) in [5, 5.41) is 3.10. The Balaban J connectivity index is 1.91. The van der Waals surface area contributed by atoms with E-state index in [1.54, 1.807) is 37.5 Å². The number of aromatic nitrogens is 1. The van der Waals surface area contributed by atoms with Crippen molar-refractivity contribution in [1.29, 1.82) is 0 Å². The van der Waals surface area contributed by atoms with Crippen LogP contribution in [-0.2, 0) is 16.1 Å². The summed E-state index contributed by atoms with van der Waals surface area (Å²) in [6, 6.07) is 8.14. The molecule has 1 fully saturated rings. The van der Waals surface area contributed by atoms with Crippen molar-refractivity contribution in [2.24, 2.45) is 0 Å². The first-order chi connectivity index (χ1) is 12.4. The molecule has 6 nitrogen and oxygen atoms in total. The van der Waals surface area contributed by atoms with E-state index in [9.17, 15) is 9.59 Å². The maximum absolute atomic E-state index is 12.7. The van der Waals surface area contributed by atoms with Gasteiger partial charge < -0.3 is 14.6 Å². The van der Waals surface area contributed by atoms with Gasteiger partial charge in [-0.2, -0.15) is 0 Å². The Bertz CT molecular complexity index is 901. The quantitative estimate of drug-likeness (QED) is 0.644. The minimum absolute atomic E-state index is 0.238. The highest BCUT2D eigenvalue weighted by Crippen LogP contribution is 2.26. The summed E-state index contributed by atoms with van der Waals surface area (Å²) in [7, 11) is 1.66. The van der Waals surface area contributed by atoms with E-state index >= 15 is 0 Å². The number of hydrogen-bond acceptors (Lipinski definition) is 3. The second-order valence-electron chi connectivity index (χ2n) is 6.08. The number of carbonyl (C=O) groups excluding carboxylic acids is 2. The predicted octanol–water partition coefficient (Wildman–Crippen LogP) is 3.50. The molecule has 0 radical (unpaired) electrons. The predicted molar refractivity (Wildman–Crippen MR) is 101 cm³/mol. The van der Waals surface area contributed by atoms with Gasteiger partial charge in [-0.3, -0.25) is 4.79 Å². The number of benzene rings is 1. The van der Waals surface area contributed by atoms with Crippen molar-refractivity contribution >= 4 is 35.3 Å². The first-order valence-electron chi connectivity index (χ1n) is 8.20. The Morgan fingerprint density at radius 3 is 2.69 bits per heavy atom. The molecule has 1 N–H and O–H groups in total. The second-order valence-corrected chi connectivity index (χ2v) is 6.52. The third-order valence-electron chi connectivity index (χ3n) is 4.38. The minimum Gasteiger partial charge on any atom is -0.383 e. The van der Waals surface area contributed by atoms with Gasteiger partial charge >= 0.3 is 6.03 Å². The van der Waals surface area contributed by atoms with E-state index in [0.717, 1.165) is 28.4 Å². The van der Waals surface area contributed by atoms with Crippen LogP contribution in [0.5, 0.6) is 0 Å². The lowest BCUT2D eigenvalue weighted by atomic mass is 10.2. The molecule has 1 aromatic heterocycles. The Kier molecular flexibility index (Phi) is 5.15. The van der Waals surface area contributed by atoms with Crippen LogP contribution in [0.15, 0.2) is 36.0 Å². The summed E-state index contributed by atoms with van der Waals surface area (Å²) < 4.78 is 7.25. The Morgan fingerprint density at radius 2 is 2.00 bits per heavy atom. The number of anilines is 1. The highest BCUT2D eigenvalue weighted by Gasteiger charge is 2.35. The van der Waals surface area contributed by atoms with Gasteiger partial charge in [0.05, 0.1) is 12.3 Å². The van der Waals surface area contributed by atoms with E-state index in [-0.39, 0.29) is 5.70 Å². The topological polar surface area (TPSA) is 63.6 Å². The molecule has 0 saturated carbocycles. The molecule has 3 amide bonds. The highest BCUT2D eigenvalue weighted by atomic mass is 35.5. The molecule has 7 heteroatoms. The Labute approximate surface area is 157 Å². The van der Waals surface area contributed by atoms with Gasteiger partial charge in [0.15, 0.2) is 0 Å². The normalized spacial score (nSPS) is 15.8. The molecule has 0 spiro atoms. The number of methoxy groups -OCH3 is 1. The van der Waals surface area contributed by atoms with Crippen molar-refractivity contribution in [2.45, 2.75) is 20.4 Å². The number of amides is 3. The van der Waals surface area contributed by atoms with E-state index in [4.69, 9.17) is 16.3 Å². The van der Waals surface area contributed by atoms with Gasteiger partial charge in [0.1, 0.15) is 5.70 Å². The molecule has 26 heavy (non-hydrogen) atoms. The van der Waals surface area contributed by atoms with Gasteiger partial charge in [-0.1, -0.05) is 17.7 Å². The molecule has 1 aliphatic heterocycles. The maximum atomic E-state index is 12.7. The molecule has 0 aliphatic carbocycles. The smallest absolute Gasteiger partial charge is 0.333 e. The van der Waals surface area contributed by atoms with E-state index < -0.39 is 11.9 Å². The Hall–Kier alpha value is -2.57. The minimum atomic E-state index is -0.489. The molecule has 1 aliphatic rings. The summed E-state index contributed by atoms with van der Waals surface area (Å²) in [5.41, 5.74) is 3.64. The zero-order valence-corrected chi connectivity index (χ0v) is 15.6. The molecule has 0 bridgehead atoms. The number of nitrogens with zero attached hydrogens (tertiary/aromatic N) is 2. The van der Waals surface area contributed by atoms with E-state index in [1.807, 2.05) is 19.9 Å². The van der Waals surface area contributed by atoms with Crippen LogP contribution in [0.3, 0.4) is 0 Å². The first-order valence-corrected chi connectivity index (χ1v) is 8.58. The number of hydrogen-bond donors (Lipinski definition) is 1. The summed E-state index contributed by atoms with van der Waals surface area (Å²) in [6.45, 7) is 5.31. The lowest BCUT2D eigenvalue weighted by Gasteiger charge is -2.11. The average Bonchev–Trinajstić information content (AvgIpc) is 3.02. The number of carbonyl (C=O) groups is 2. The molecule has 1 saturated heterocycles. The van der Waals surface area contributed by atoms with Crippen LogP contribution in [0.25, 0.3) is 6.08 Å². The fourth-order valence-electron chi connectivity index (χ4n) is 3.04. The van der Waals surface area contributed by atoms with Gasteiger partial charge in [-0.25, -0.2) is 9.69 Å². The molecule has 136 valence electrons. The summed E-state index contributed by atoms with van der Waals surface area (Å²) >= 11 is 5.97. The monoisotopic (exact) mass is 373 g/mol. The number of rotatable bonds is 5. The lowest BCUT2D eigenvalue weighted by molar-refractivity contribution is -0.113. The van der Waals surface area contributed by atoms with Crippen molar-refractivity contribution in [2.75, 3.05) is 18.6 Å². The summed E-state index contributed by atoms with van der Waals surface area (Å²) in [6.07, 6.45) is 1.70. The average molecular weight is 374 g/mol. The second kappa shape index (κ2) is 7.35. The van der Waals surface area contributed by atoms with Crippen molar-refractivity contribution in [3.05, 3.63) is 58.0 Å². The molecule has 1 aromatic carbocycles. The largest absolute Gasteiger partial charge is 0.383 e. The molecule has 3 rings (SSSR count). The number of aryl methyl sites for hydroxylation is 1. The molecule has 2 heterocycles. The number of ether oxygens (including phenoxy) is 1. The van der Waals surface area contributed by atoms with Crippen LogP contribution in [0.2, 0.25) is 5.02 Å². The van der Waals surface area contributed by atoms with Crippen LogP contribution >= 0.6 is 11.6 Å². The van der Waals surface area contributed by atoms with Crippen molar-refractivity contribution in [3.8, 4) is 0 Å². The fourth-order valence-corrected chi connectivity index (χ4v) is 3.23. The van der Waals surface area contributed by atoms with Crippen LogP contribution in [0, 0.1) is 13.8 Å². The number of nitrogens with one attached hydrogen (secondary N) is 1. The molecular formula is C19H20ClN3O3. The SMILES string of the molecule is COCCn1c(C)cc(/C=C2/NC(=O)N(c3cccc(Cl)c3)C2=O)c1C. The number of urea groups is 1. The van der Waals surface area contributed by atoms with Gasteiger partial charge in [0.2, 0.25) is 0 Å². The van der Waals surface area contributed by atoms with Gasteiger partial charge in [0, 0.05) is 30.1 Å². The van der Waals surface area contributed by atoms with Crippen LogP contribution in [0.1, 0.15) is 17.0 Å². The van der Waals surface area contributed by atoms with Crippen molar-refractivity contribution < 1.29 is 14.3 Å². The molecule has 0 unspecified atom stereocenters. The molecule has 2 aromatic rings. The van der Waals surface area contributed by atoms with Gasteiger partial charge in [-0.05, 0) is 49.8 Å². The third-order valence-corrected chi connectivity index (χ3v) is 4.61. The Morgan fingerprint density at radius 1 is 1.23 bits per heavy atom. The molecule has 0 atom stereocenters. The van der Waals surface area contributed by atoms with Crippen LogP contribution in [0.4, 0.5) is 10.5 Å². The van der Waals surface area contributed by atoms with Gasteiger partial charge in [-0.15, -0.1) is 0 Å². The van der Waals surface area contributed by atoms with Crippen LogP contribution < -0.4 is 10.2 Å². The van der Waals surface area contributed by atoms with E-state index in [0.29, 0.717) is 17.3 Å². The zero-order chi connectivity index (χ0) is 18.8. The maximum Gasteiger partial charge on any atom is 0.333 e. The van der Waals surface area contributed by atoms with Crippen LogP contribution in [-0.4, -0.2) is 30.2 Å². The zero-order valence-electron chi connectivity index (χ0n) is 14.9. The van der Waals surface area contributed by atoms with E-state index in [1.165, 1.54) is 0 Å². The highest BCUT2D eigenvalue weighted by molar-refractivity contribution is 6.32. The summed E-state index contributed by atoms with van der Waals surface area (Å²) in [5.74, 6) is -0.404. The third kappa shape index (κ3) is 3.38. The standard InChI is InChI=1S/C19H20ClN3O3/c1-12-9-14(13(2)22(12)7-8-26-3)10-17-18(24)23(19(25)21-17)16-6-4-5-15(20)11-16/h4-6,9-11H,7-8H2,1-3H3,(H,21,25)/b17-10+. The van der Waals surface area contributed by atoms with Crippen molar-refractivity contribution in [1.82, 2.24) is 9.88 Å². The van der Waals surface area contributed by atoms with Gasteiger partial charge in [0.25, 0.3) is 5.91 Å². The van der Waals surface area contributed by atoms with Crippen molar-refractivity contribution in [3.63, 3.8) is 0 Å².